The SMILES string of the molecule is CCNC(=NCCN1CCCC1)N1CCN(C(=O)C2CCCO2)CC1.I. The molecule has 7 nitrogen and oxygen atoms in total. The smallest absolute Gasteiger partial charge is 0.251 e. The fourth-order valence-electron chi connectivity index (χ4n) is 3.84. The topological polar surface area (TPSA) is 60.4 Å². The molecule has 3 fully saturated rings. The number of likely N-dealkylation sites (tertiary alicyclic amines) is 1. The molecule has 0 aromatic rings. The normalized spacial score (nSPS) is 24.7. The summed E-state index contributed by atoms with van der Waals surface area (Å²) < 4.78 is 5.54. The van der Waals surface area contributed by atoms with Gasteiger partial charge >= 0.3 is 0 Å². The summed E-state index contributed by atoms with van der Waals surface area (Å²) in [5.41, 5.74) is 0. The van der Waals surface area contributed by atoms with Gasteiger partial charge in [0.1, 0.15) is 6.10 Å². The van der Waals surface area contributed by atoms with Crippen LogP contribution in [0.2, 0.25) is 0 Å². The Morgan fingerprint density at radius 2 is 1.77 bits per heavy atom. The Morgan fingerprint density at radius 3 is 2.38 bits per heavy atom. The highest BCUT2D eigenvalue weighted by atomic mass is 127. The predicted molar refractivity (Wildman–Crippen MR) is 114 cm³/mol. The molecule has 0 aromatic carbocycles. The van der Waals surface area contributed by atoms with Crippen LogP contribution < -0.4 is 5.32 Å². The van der Waals surface area contributed by atoms with Gasteiger partial charge in [-0.1, -0.05) is 0 Å². The van der Waals surface area contributed by atoms with Crippen molar-refractivity contribution in [1.82, 2.24) is 20.0 Å². The summed E-state index contributed by atoms with van der Waals surface area (Å²) in [6, 6.07) is 0. The van der Waals surface area contributed by atoms with Crippen LogP contribution >= 0.6 is 24.0 Å². The number of amides is 1. The lowest BCUT2D eigenvalue weighted by molar-refractivity contribution is -0.142. The first kappa shape index (κ1) is 21.7. The lowest BCUT2D eigenvalue weighted by atomic mass is 10.2. The second-order valence-electron chi connectivity index (χ2n) is 7.10. The highest BCUT2D eigenvalue weighted by Gasteiger charge is 2.30. The van der Waals surface area contributed by atoms with E-state index in [1.165, 1.54) is 25.9 Å². The highest BCUT2D eigenvalue weighted by Crippen LogP contribution is 2.16. The van der Waals surface area contributed by atoms with Gasteiger partial charge in [-0.2, -0.15) is 0 Å². The van der Waals surface area contributed by atoms with Gasteiger partial charge in [0.2, 0.25) is 0 Å². The van der Waals surface area contributed by atoms with Gasteiger partial charge in [0, 0.05) is 45.9 Å². The molecule has 0 saturated carbocycles. The summed E-state index contributed by atoms with van der Waals surface area (Å²) in [7, 11) is 0. The predicted octanol–water partition coefficient (Wildman–Crippen LogP) is 0.989. The van der Waals surface area contributed by atoms with Crippen LogP contribution in [0.5, 0.6) is 0 Å². The van der Waals surface area contributed by atoms with E-state index in [1.807, 2.05) is 4.90 Å². The first-order valence-corrected chi connectivity index (χ1v) is 9.94. The summed E-state index contributed by atoms with van der Waals surface area (Å²) in [5, 5.41) is 3.41. The zero-order chi connectivity index (χ0) is 17.5. The molecule has 0 aliphatic carbocycles. The molecule has 3 saturated heterocycles. The number of carbonyl (C=O) groups is 1. The number of hydrogen-bond acceptors (Lipinski definition) is 4. The molecule has 0 bridgehead atoms. The molecule has 1 amide bonds. The van der Waals surface area contributed by atoms with Crippen LogP contribution in [0.3, 0.4) is 0 Å². The first-order chi connectivity index (χ1) is 12.3. The van der Waals surface area contributed by atoms with Gasteiger partial charge in [0.05, 0.1) is 6.54 Å². The zero-order valence-electron chi connectivity index (χ0n) is 16.0. The molecule has 0 spiro atoms. The van der Waals surface area contributed by atoms with Crippen molar-refractivity contribution in [3.8, 4) is 0 Å². The minimum Gasteiger partial charge on any atom is -0.368 e. The number of aliphatic imine (C=N–C) groups is 1. The third kappa shape index (κ3) is 5.95. The molecule has 0 radical (unpaired) electrons. The molecule has 3 heterocycles. The Bertz CT molecular complexity index is 456. The minimum atomic E-state index is -0.200. The van der Waals surface area contributed by atoms with Gasteiger partial charge in [-0.05, 0) is 45.7 Å². The number of rotatable bonds is 5. The van der Waals surface area contributed by atoms with E-state index in [4.69, 9.17) is 9.73 Å². The average Bonchev–Trinajstić information content (AvgIpc) is 3.34. The number of hydrogen-bond donors (Lipinski definition) is 1. The maximum Gasteiger partial charge on any atom is 0.251 e. The zero-order valence-corrected chi connectivity index (χ0v) is 18.3. The number of piperazine rings is 1. The monoisotopic (exact) mass is 479 g/mol. The van der Waals surface area contributed by atoms with Crippen molar-refractivity contribution in [2.45, 2.75) is 38.7 Å². The molecular formula is C18H34IN5O2. The molecule has 1 unspecified atom stereocenters. The van der Waals surface area contributed by atoms with Gasteiger partial charge in [0.15, 0.2) is 5.96 Å². The largest absolute Gasteiger partial charge is 0.368 e. The van der Waals surface area contributed by atoms with E-state index in [1.54, 1.807) is 0 Å². The molecule has 3 aliphatic heterocycles. The number of nitrogens with one attached hydrogen (secondary N) is 1. The Balaban J connectivity index is 0.00000243. The van der Waals surface area contributed by atoms with Crippen molar-refractivity contribution in [1.29, 1.82) is 0 Å². The molecule has 0 aromatic heterocycles. The first-order valence-electron chi connectivity index (χ1n) is 9.94. The second kappa shape index (κ2) is 11.3. The summed E-state index contributed by atoms with van der Waals surface area (Å²) >= 11 is 0. The van der Waals surface area contributed by atoms with Gasteiger partial charge in [0.25, 0.3) is 5.91 Å². The number of nitrogens with zero attached hydrogens (tertiary/aromatic N) is 4. The van der Waals surface area contributed by atoms with Crippen LogP contribution in [0.15, 0.2) is 4.99 Å². The number of ether oxygens (including phenoxy) is 1. The van der Waals surface area contributed by atoms with Crippen LogP contribution in [-0.2, 0) is 9.53 Å². The Hall–Kier alpha value is -0.610. The summed E-state index contributed by atoms with van der Waals surface area (Å²) in [5.74, 6) is 1.17. The van der Waals surface area contributed by atoms with Crippen LogP contribution in [-0.4, -0.2) is 98.2 Å². The number of halogens is 1. The molecule has 26 heavy (non-hydrogen) atoms. The Morgan fingerprint density at radius 1 is 1.08 bits per heavy atom. The van der Waals surface area contributed by atoms with E-state index in [-0.39, 0.29) is 36.0 Å². The fraction of sp³-hybridized carbons (Fsp3) is 0.889. The quantitative estimate of drug-likeness (QED) is 0.362. The van der Waals surface area contributed by atoms with Crippen LogP contribution in [0.1, 0.15) is 32.6 Å². The lowest BCUT2D eigenvalue weighted by Crippen LogP contribution is -2.55. The summed E-state index contributed by atoms with van der Waals surface area (Å²) in [6.07, 6.45) is 4.33. The van der Waals surface area contributed by atoms with Crippen molar-refractivity contribution in [2.24, 2.45) is 4.99 Å². The van der Waals surface area contributed by atoms with Crippen molar-refractivity contribution in [3.63, 3.8) is 0 Å². The maximum absolute atomic E-state index is 12.5. The fourth-order valence-corrected chi connectivity index (χ4v) is 3.84. The second-order valence-corrected chi connectivity index (χ2v) is 7.10. The molecule has 3 aliphatic rings. The van der Waals surface area contributed by atoms with E-state index < -0.39 is 0 Å². The Kier molecular flexibility index (Phi) is 9.41. The average molecular weight is 479 g/mol. The molecular weight excluding hydrogens is 445 g/mol. The molecule has 1 atom stereocenters. The van der Waals surface area contributed by atoms with E-state index in [2.05, 4.69) is 22.0 Å². The third-order valence-corrected chi connectivity index (χ3v) is 5.31. The van der Waals surface area contributed by atoms with E-state index in [0.717, 1.165) is 71.2 Å². The molecule has 8 heteroatoms. The minimum absolute atomic E-state index is 0. The van der Waals surface area contributed by atoms with Gasteiger partial charge in [-0.25, -0.2) is 0 Å². The summed E-state index contributed by atoms with van der Waals surface area (Å²) in [4.78, 5) is 24.0. The van der Waals surface area contributed by atoms with E-state index in [9.17, 15) is 4.79 Å². The van der Waals surface area contributed by atoms with E-state index in [0.29, 0.717) is 0 Å². The number of guanidine groups is 1. The standard InChI is InChI=1S/C18H33N5O2.HI/c1-2-19-18(20-7-10-21-8-3-4-9-21)23-13-11-22(12-14-23)17(24)16-6-5-15-25-16;/h16H,2-15H2,1H3,(H,19,20);1H. The number of carbonyl (C=O) groups excluding carboxylic acids is 1. The van der Waals surface area contributed by atoms with Crippen molar-refractivity contribution in [3.05, 3.63) is 0 Å². The van der Waals surface area contributed by atoms with E-state index >= 15 is 0 Å². The lowest BCUT2D eigenvalue weighted by Gasteiger charge is -2.37. The van der Waals surface area contributed by atoms with Gasteiger partial charge in [-0.15, -0.1) is 24.0 Å². The highest BCUT2D eigenvalue weighted by molar-refractivity contribution is 14.0. The third-order valence-electron chi connectivity index (χ3n) is 5.31. The van der Waals surface area contributed by atoms with Crippen molar-refractivity contribution in [2.75, 3.05) is 65.5 Å². The van der Waals surface area contributed by atoms with Crippen LogP contribution in [0.25, 0.3) is 0 Å². The van der Waals surface area contributed by atoms with Crippen LogP contribution in [0, 0.1) is 0 Å². The summed E-state index contributed by atoms with van der Waals surface area (Å²) in [6.45, 7) is 11.2. The van der Waals surface area contributed by atoms with Gasteiger partial charge in [-0.3, -0.25) is 9.79 Å². The molecule has 3 rings (SSSR count). The van der Waals surface area contributed by atoms with Crippen molar-refractivity contribution >= 4 is 35.8 Å². The Labute approximate surface area is 174 Å². The van der Waals surface area contributed by atoms with Crippen molar-refractivity contribution < 1.29 is 9.53 Å². The molecule has 150 valence electrons. The molecule has 1 N–H and O–H groups in total. The van der Waals surface area contributed by atoms with Gasteiger partial charge < -0.3 is 24.8 Å². The maximum atomic E-state index is 12.5. The van der Waals surface area contributed by atoms with Crippen LogP contribution in [0.4, 0.5) is 0 Å².